The van der Waals surface area contributed by atoms with E-state index < -0.39 is 0 Å². The van der Waals surface area contributed by atoms with Crippen molar-refractivity contribution < 1.29 is 4.79 Å². The van der Waals surface area contributed by atoms with E-state index >= 15 is 0 Å². The number of thiazole rings is 1. The van der Waals surface area contributed by atoms with E-state index in [1.807, 2.05) is 24.4 Å². The lowest BCUT2D eigenvalue weighted by Gasteiger charge is -2.29. The van der Waals surface area contributed by atoms with Crippen molar-refractivity contribution in [1.29, 1.82) is 0 Å². The molecule has 2 rings (SSSR count). The van der Waals surface area contributed by atoms with Crippen LogP contribution in [0.1, 0.15) is 36.3 Å². The predicted octanol–water partition coefficient (Wildman–Crippen LogP) is 1.93. The highest BCUT2D eigenvalue weighted by atomic mass is 32.1. The van der Waals surface area contributed by atoms with Gasteiger partial charge in [-0.05, 0) is 26.2 Å². The SMILES string of the molecule is Cc1ncsc1CN(C)C(=O)[C@@H]1CCC[C@H](N)C1. The van der Waals surface area contributed by atoms with Gasteiger partial charge >= 0.3 is 0 Å². The van der Waals surface area contributed by atoms with E-state index in [9.17, 15) is 4.79 Å². The van der Waals surface area contributed by atoms with Crippen molar-refractivity contribution in [2.75, 3.05) is 7.05 Å². The van der Waals surface area contributed by atoms with Crippen molar-refractivity contribution in [3.05, 3.63) is 16.1 Å². The number of hydrogen-bond acceptors (Lipinski definition) is 4. The third-order valence-corrected chi connectivity index (χ3v) is 4.59. The minimum absolute atomic E-state index is 0.118. The van der Waals surface area contributed by atoms with Crippen LogP contribution in [0.2, 0.25) is 0 Å². The molecule has 1 aliphatic carbocycles. The number of carbonyl (C=O) groups is 1. The summed E-state index contributed by atoms with van der Waals surface area (Å²) < 4.78 is 0. The molecule has 1 heterocycles. The highest BCUT2D eigenvalue weighted by molar-refractivity contribution is 7.09. The zero-order chi connectivity index (χ0) is 13.1. The zero-order valence-corrected chi connectivity index (χ0v) is 11.9. The lowest BCUT2D eigenvalue weighted by molar-refractivity contribution is -0.135. The summed E-state index contributed by atoms with van der Waals surface area (Å²) in [6.45, 7) is 2.65. The maximum Gasteiger partial charge on any atom is 0.225 e. The van der Waals surface area contributed by atoms with Crippen molar-refractivity contribution in [2.24, 2.45) is 11.7 Å². The second-order valence-electron chi connectivity index (χ2n) is 5.18. The standard InChI is InChI=1S/C13H21N3OS/c1-9-12(18-8-15-9)7-16(2)13(17)10-4-3-5-11(14)6-10/h8,10-11H,3-7,14H2,1-2H3/t10-,11+/m1/s1. The van der Waals surface area contributed by atoms with E-state index in [-0.39, 0.29) is 17.9 Å². The first-order valence-corrected chi connectivity index (χ1v) is 7.35. The number of amides is 1. The Morgan fingerprint density at radius 2 is 2.39 bits per heavy atom. The maximum atomic E-state index is 12.3. The van der Waals surface area contributed by atoms with Crippen molar-refractivity contribution in [1.82, 2.24) is 9.88 Å². The van der Waals surface area contributed by atoms with Gasteiger partial charge in [-0.2, -0.15) is 0 Å². The molecule has 18 heavy (non-hydrogen) atoms. The Labute approximate surface area is 112 Å². The van der Waals surface area contributed by atoms with Crippen LogP contribution in [0.25, 0.3) is 0 Å². The Morgan fingerprint density at radius 3 is 3.00 bits per heavy atom. The van der Waals surface area contributed by atoms with Crippen LogP contribution < -0.4 is 5.73 Å². The Morgan fingerprint density at radius 1 is 1.61 bits per heavy atom. The molecule has 0 aliphatic heterocycles. The normalized spacial score (nSPS) is 23.9. The molecule has 1 aliphatic rings. The van der Waals surface area contributed by atoms with Gasteiger partial charge in [-0.15, -0.1) is 11.3 Å². The molecule has 1 saturated carbocycles. The van der Waals surface area contributed by atoms with Crippen LogP contribution in [-0.2, 0) is 11.3 Å². The molecular weight excluding hydrogens is 246 g/mol. The van der Waals surface area contributed by atoms with Crippen molar-refractivity contribution in [3.8, 4) is 0 Å². The van der Waals surface area contributed by atoms with Gasteiger partial charge in [0.1, 0.15) is 0 Å². The maximum absolute atomic E-state index is 12.3. The molecule has 1 aromatic rings. The number of nitrogens with zero attached hydrogens (tertiary/aromatic N) is 2. The van der Waals surface area contributed by atoms with Crippen molar-refractivity contribution >= 4 is 17.2 Å². The fraction of sp³-hybridized carbons (Fsp3) is 0.692. The summed E-state index contributed by atoms with van der Waals surface area (Å²) >= 11 is 1.61. The molecule has 1 amide bonds. The van der Waals surface area contributed by atoms with Crippen molar-refractivity contribution in [3.63, 3.8) is 0 Å². The van der Waals surface area contributed by atoms with Crippen LogP contribution in [0.15, 0.2) is 5.51 Å². The summed E-state index contributed by atoms with van der Waals surface area (Å²) in [5, 5.41) is 0. The largest absolute Gasteiger partial charge is 0.340 e. The Bertz CT molecular complexity index is 418. The molecule has 2 N–H and O–H groups in total. The molecule has 100 valence electrons. The summed E-state index contributed by atoms with van der Waals surface area (Å²) in [7, 11) is 1.88. The van der Waals surface area contributed by atoms with Crippen LogP contribution in [-0.4, -0.2) is 28.9 Å². The lowest BCUT2D eigenvalue weighted by atomic mass is 9.85. The van der Waals surface area contributed by atoms with Gasteiger partial charge in [-0.3, -0.25) is 4.79 Å². The predicted molar refractivity (Wildman–Crippen MR) is 73.3 cm³/mol. The quantitative estimate of drug-likeness (QED) is 0.910. The first-order valence-electron chi connectivity index (χ1n) is 6.47. The van der Waals surface area contributed by atoms with E-state index in [4.69, 9.17) is 5.73 Å². The molecule has 0 aromatic carbocycles. The Kier molecular flexibility index (Phi) is 4.35. The molecule has 0 radical (unpaired) electrons. The van der Waals surface area contributed by atoms with E-state index in [1.165, 1.54) is 4.88 Å². The summed E-state index contributed by atoms with van der Waals surface area (Å²) in [6.07, 6.45) is 3.95. The number of rotatable bonds is 3. The third-order valence-electron chi connectivity index (χ3n) is 3.67. The summed E-state index contributed by atoms with van der Waals surface area (Å²) in [4.78, 5) is 19.5. The fourth-order valence-corrected chi connectivity index (χ4v) is 3.36. The van der Waals surface area contributed by atoms with Gasteiger partial charge in [0.25, 0.3) is 0 Å². The van der Waals surface area contributed by atoms with Crippen LogP contribution in [0.3, 0.4) is 0 Å². The number of hydrogen-bond donors (Lipinski definition) is 1. The number of aromatic nitrogens is 1. The zero-order valence-electron chi connectivity index (χ0n) is 11.1. The second kappa shape index (κ2) is 5.80. The summed E-state index contributed by atoms with van der Waals surface area (Å²) in [5.74, 6) is 0.352. The third kappa shape index (κ3) is 3.09. The molecule has 1 fully saturated rings. The second-order valence-corrected chi connectivity index (χ2v) is 6.12. The smallest absolute Gasteiger partial charge is 0.225 e. The van der Waals surface area contributed by atoms with Gasteiger partial charge in [0.05, 0.1) is 17.7 Å². The molecule has 2 atom stereocenters. The molecule has 5 heteroatoms. The number of carbonyl (C=O) groups excluding carboxylic acids is 1. The van der Waals surface area contributed by atoms with Crippen molar-refractivity contribution in [2.45, 2.75) is 45.2 Å². The molecule has 0 saturated heterocycles. The lowest BCUT2D eigenvalue weighted by Crippen LogP contribution is -2.38. The van der Waals surface area contributed by atoms with Crippen LogP contribution in [0, 0.1) is 12.8 Å². The van der Waals surface area contributed by atoms with Gasteiger partial charge in [0, 0.05) is 23.9 Å². The van der Waals surface area contributed by atoms with Crippen LogP contribution >= 0.6 is 11.3 Å². The van der Waals surface area contributed by atoms with E-state index in [2.05, 4.69) is 4.98 Å². The molecule has 0 spiro atoms. The molecular formula is C13H21N3OS. The first-order chi connectivity index (χ1) is 8.58. The van der Waals surface area contributed by atoms with Gasteiger partial charge in [-0.25, -0.2) is 4.98 Å². The molecule has 0 bridgehead atoms. The van der Waals surface area contributed by atoms with E-state index in [1.54, 1.807) is 11.3 Å². The molecule has 4 nitrogen and oxygen atoms in total. The van der Waals surface area contributed by atoms with Gasteiger partial charge in [0.15, 0.2) is 0 Å². The number of aryl methyl sites for hydroxylation is 1. The first kappa shape index (κ1) is 13.5. The average Bonchev–Trinajstić information content (AvgIpc) is 2.74. The van der Waals surface area contributed by atoms with Gasteiger partial charge < -0.3 is 10.6 Å². The average molecular weight is 267 g/mol. The summed E-state index contributed by atoms with van der Waals surface area (Å²) in [6, 6.07) is 0.200. The Hall–Kier alpha value is -0.940. The van der Waals surface area contributed by atoms with Crippen LogP contribution in [0.5, 0.6) is 0 Å². The van der Waals surface area contributed by atoms with E-state index in [0.717, 1.165) is 31.4 Å². The van der Waals surface area contributed by atoms with Gasteiger partial charge in [-0.1, -0.05) is 6.42 Å². The van der Waals surface area contributed by atoms with E-state index in [0.29, 0.717) is 6.54 Å². The van der Waals surface area contributed by atoms with Gasteiger partial charge in [0.2, 0.25) is 5.91 Å². The number of nitrogens with two attached hydrogens (primary N) is 1. The monoisotopic (exact) mass is 267 g/mol. The van der Waals surface area contributed by atoms with Crippen LogP contribution in [0.4, 0.5) is 0 Å². The summed E-state index contributed by atoms with van der Waals surface area (Å²) in [5.41, 5.74) is 8.81. The molecule has 0 unspecified atom stereocenters. The minimum atomic E-state index is 0.118. The Balaban J connectivity index is 1.94. The molecule has 1 aromatic heterocycles. The minimum Gasteiger partial charge on any atom is -0.340 e. The highest BCUT2D eigenvalue weighted by Gasteiger charge is 2.27. The topological polar surface area (TPSA) is 59.2 Å². The highest BCUT2D eigenvalue weighted by Crippen LogP contribution is 2.25. The fourth-order valence-electron chi connectivity index (χ4n) is 2.53.